The largest absolute Gasteiger partial charge is 0.433 e. The zero-order valence-electron chi connectivity index (χ0n) is 14.7. The Balaban J connectivity index is 1.57. The third-order valence-electron chi connectivity index (χ3n) is 4.60. The minimum Gasteiger partial charge on any atom is -0.345 e. The Labute approximate surface area is 161 Å². The lowest BCUT2D eigenvalue weighted by molar-refractivity contribution is -0.141. The summed E-state index contributed by atoms with van der Waals surface area (Å²) in [7, 11) is 0. The van der Waals surface area contributed by atoms with Crippen LogP contribution in [0.1, 0.15) is 39.8 Å². The molecule has 10 heteroatoms. The minimum atomic E-state index is -4.58. The second-order valence-electron chi connectivity index (χ2n) is 6.60. The fourth-order valence-electron chi connectivity index (χ4n) is 3.27. The molecule has 1 N–H and O–H groups in total. The third-order valence-corrected chi connectivity index (χ3v) is 4.60. The number of nitrogens with one attached hydrogen (secondary N) is 1. The van der Waals surface area contributed by atoms with E-state index in [4.69, 9.17) is 0 Å². The summed E-state index contributed by atoms with van der Waals surface area (Å²) in [5.41, 5.74) is 0.252. The fraction of sp³-hybridized carbons (Fsp3) is 0.211. The number of nitrogens with zero attached hydrogens (tertiary/aromatic N) is 3. The molecule has 5 nitrogen and oxygen atoms in total. The quantitative estimate of drug-likeness (QED) is 0.667. The van der Waals surface area contributed by atoms with Crippen molar-refractivity contribution in [3.05, 3.63) is 76.9 Å². The Morgan fingerprint density at radius 2 is 1.86 bits per heavy atom. The molecule has 1 aliphatic carbocycles. The van der Waals surface area contributed by atoms with Gasteiger partial charge < -0.3 is 5.32 Å². The molecule has 0 radical (unpaired) electrons. The van der Waals surface area contributed by atoms with Crippen molar-refractivity contribution in [2.24, 2.45) is 0 Å². The van der Waals surface area contributed by atoms with Crippen molar-refractivity contribution in [3.63, 3.8) is 0 Å². The maximum Gasteiger partial charge on any atom is 0.433 e. The average Bonchev–Trinajstić information content (AvgIpc) is 3.22. The van der Waals surface area contributed by atoms with Gasteiger partial charge in [0.2, 0.25) is 0 Å². The fourth-order valence-corrected chi connectivity index (χ4v) is 3.27. The zero-order chi connectivity index (χ0) is 20.8. The normalized spacial score (nSPS) is 16.0. The van der Waals surface area contributed by atoms with Crippen LogP contribution in [0.2, 0.25) is 0 Å². The highest BCUT2D eigenvalue weighted by molar-refractivity contribution is 5.94. The summed E-state index contributed by atoms with van der Waals surface area (Å²) in [4.78, 5) is 15.7. The van der Waals surface area contributed by atoms with Gasteiger partial charge in [-0.05, 0) is 37.1 Å². The standard InChI is InChI=1S/C19H13F5N4O/c20-11-5-10(6-12(21)7-11)18(29)26-15-1-2-16-14(15)9-28(27-16)13-3-4-25-17(8-13)19(22,23)24/h3-9,15H,1-2H2,(H,26,29). The summed E-state index contributed by atoms with van der Waals surface area (Å²) >= 11 is 0. The Bertz CT molecular complexity index is 1070. The lowest BCUT2D eigenvalue weighted by Crippen LogP contribution is -2.27. The van der Waals surface area contributed by atoms with E-state index < -0.39 is 35.5 Å². The van der Waals surface area contributed by atoms with Crippen molar-refractivity contribution in [2.75, 3.05) is 0 Å². The first-order chi connectivity index (χ1) is 13.7. The van der Waals surface area contributed by atoms with Crippen molar-refractivity contribution in [2.45, 2.75) is 25.1 Å². The number of hydrogen-bond acceptors (Lipinski definition) is 3. The number of aromatic nitrogens is 3. The molecule has 0 spiro atoms. The predicted octanol–water partition coefficient (Wildman–Crippen LogP) is 3.98. The number of alkyl halides is 3. The van der Waals surface area contributed by atoms with Crippen molar-refractivity contribution >= 4 is 5.91 Å². The van der Waals surface area contributed by atoms with Crippen LogP contribution in [0.15, 0.2) is 42.7 Å². The van der Waals surface area contributed by atoms with Gasteiger partial charge in [0, 0.05) is 29.6 Å². The predicted molar refractivity (Wildman–Crippen MR) is 91.2 cm³/mol. The van der Waals surface area contributed by atoms with Crippen LogP contribution in [0.3, 0.4) is 0 Å². The Kier molecular flexibility index (Phi) is 4.56. The highest BCUT2D eigenvalue weighted by Crippen LogP contribution is 2.32. The van der Waals surface area contributed by atoms with E-state index in [1.54, 1.807) is 0 Å². The third kappa shape index (κ3) is 3.82. The van der Waals surface area contributed by atoms with E-state index in [2.05, 4.69) is 15.4 Å². The summed E-state index contributed by atoms with van der Waals surface area (Å²) in [6.45, 7) is 0. The molecule has 29 heavy (non-hydrogen) atoms. The molecule has 2 heterocycles. The maximum absolute atomic E-state index is 13.3. The van der Waals surface area contributed by atoms with E-state index in [1.807, 2.05) is 0 Å². The van der Waals surface area contributed by atoms with Crippen LogP contribution < -0.4 is 5.32 Å². The monoisotopic (exact) mass is 408 g/mol. The van der Waals surface area contributed by atoms with Crippen LogP contribution in [-0.2, 0) is 12.6 Å². The minimum absolute atomic E-state index is 0.160. The SMILES string of the molecule is O=C(NC1CCc2nn(-c3ccnc(C(F)(F)F)c3)cc21)c1cc(F)cc(F)c1. The molecule has 1 aromatic carbocycles. The van der Waals surface area contributed by atoms with Gasteiger partial charge in [-0.1, -0.05) is 0 Å². The van der Waals surface area contributed by atoms with Crippen molar-refractivity contribution < 1.29 is 26.7 Å². The Morgan fingerprint density at radius 1 is 1.14 bits per heavy atom. The summed E-state index contributed by atoms with van der Waals surface area (Å²) < 4.78 is 66.6. The van der Waals surface area contributed by atoms with Gasteiger partial charge in [0.1, 0.15) is 17.3 Å². The molecule has 1 aliphatic rings. The van der Waals surface area contributed by atoms with Gasteiger partial charge in [0.05, 0.1) is 17.4 Å². The molecule has 0 saturated heterocycles. The molecule has 2 aromatic heterocycles. The number of hydrogen-bond donors (Lipinski definition) is 1. The number of carbonyl (C=O) groups is 1. The zero-order valence-corrected chi connectivity index (χ0v) is 14.7. The second-order valence-corrected chi connectivity index (χ2v) is 6.60. The smallest absolute Gasteiger partial charge is 0.345 e. The highest BCUT2D eigenvalue weighted by atomic mass is 19.4. The maximum atomic E-state index is 13.3. The molecule has 3 aromatic rings. The van der Waals surface area contributed by atoms with E-state index in [9.17, 15) is 26.7 Å². The summed E-state index contributed by atoms with van der Waals surface area (Å²) in [5.74, 6) is -2.39. The molecule has 0 bridgehead atoms. The molecule has 0 fully saturated rings. The van der Waals surface area contributed by atoms with E-state index in [0.717, 1.165) is 24.4 Å². The molecule has 1 amide bonds. The number of aryl methyl sites for hydroxylation is 1. The van der Waals surface area contributed by atoms with Gasteiger partial charge in [-0.3, -0.25) is 9.78 Å². The highest BCUT2D eigenvalue weighted by Gasteiger charge is 2.33. The van der Waals surface area contributed by atoms with Crippen LogP contribution in [0.5, 0.6) is 0 Å². The summed E-state index contributed by atoms with van der Waals surface area (Å²) in [5, 5.41) is 6.98. The Morgan fingerprint density at radius 3 is 2.55 bits per heavy atom. The number of carbonyl (C=O) groups excluding carboxylic acids is 1. The summed E-state index contributed by atoms with van der Waals surface area (Å²) in [6, 6.07) is 4.31. The Hall–Kier alpha value is -3.30. The van der Waals surface area contributed by atoms with Gasteiger partial charge in [-0.25, -0.2) is 13.5 Å². The van der Waals surface area contributed by atoms with Gasteiger partial charge in [0.15, 0.2) is 0 Å². The number of amides is 1. The van der Waals surface area contributed by atoms with Crippen LogP contribution in [0.4, 0.5) is 22.0 Å². The molecule has 0 saturated carbocycles. The number of fused-ring (bicyclic) bond motifs is 1. The van der Waals surface area contributed by atoms with E-state index >= 15 is 0 Å². The molecule has 4 rings (SSSR count). The molecule has 1 unspecified atom stereocenters. The van der Waals surface area contributed by atoms with Crippen molar-refractivity contribution in [1.29, 1.82) is 0 Å². The second kappa shape index (κ2) is 6.94. The lowest BCUT2D eigenvalue weighted by Gasteiger charge is -2.13. The van der Waals surface area contributed by atoms with Crippen molar-refractivity contribution in [1.82, 2.24) is 20.1 Å². The summed E-state index contributed by atoms with van der Waals surface area (Å²) in [6.07, 6.45) is -0.978. The number of halogens is 5. The van der Waals surface area contributed by atoms with Gasteiger partial charge in [-0.2, -0.15) is 18.3 Å². The van der Waals surface area contributed by atoms with E-state index in [-0.39, 0.29) is 11.3 Å². The van der Waals surface area contributed by atoms with Crippen molar-refractivity contribution in [3.8, 4) is 5.69 Å². The molecule has 150 valence electrons. The molecular weight excluding hydrogens is 395 g/mol. The first kappa shape index (κ1) is 19.0. The van der Waals surface area contributed by atoms with Crippen LogP contribution in [0, 0.1) is 11.6 Å². The van der Waals surface area contributed by atoms with Crippen LogP contribution in [-0.4, -0.2) is 20.7 Å². The number of pyridine rings is 1. The van der Waals surface area contributed by atoms with Gasteiger partial charge in [0.25, 0.3) is 5.91 Å². The first-order valence-corrected chi connectivity index (χ1v) is 8.60. The van der Waals surface area contributed by atoms with Crippen LogP contribution in [0.25, 0.3) is 5.69 Å². The first-order valence-electron chi connectivity index (χ1n) is 8.60. The number of benzene rings is 1. The van der Waals surface area contributed by atoms with E-state index in [1.165, 1.54) is 16.9 Å². The molecule has 0 aliphatic heterocycles. The van der Waals surface area contributed by atoms with Crippen LogP contribution >= 0.6 is 0 Å². The molecular formula is C19H13F5N4O. The van der Waals surface area contributed by atoms with Gasteiger partial charge >= 0.3 is 6.18 Å². The molecule has 1 atom stereocenters. The lowest BCUT2D eigenvalue weighted by atomic mass is 10.1. The van der Waals surface area contributed by atoms with E-state index in [0.29, 0.717) is 30.2 Å². The average molecular weight is 408 g/mol. The topological polar surface area (TPSA) is 59.8 Å². The van der Waals surface area contributed by atoms with Gasteiger partial charge in [-0.15, -0.1) is 0 Å². The number of rotatable bonds is 3.